The number of carboxylic acid groups (broad SMARTS) is 1. The normalized spacial score (nSPS) is 33.9. The zero-order valence-electron chi connectivity index (χ0n) is 10.8. The van der Waals surface area contributed by atoms with Crippen molar-refractivity contribution in [1.82, 2.24) is 4.90 Å². The lowest BCUT2D eigenvalue weighted by Gasteiger charge is -2.36. The SMILES string of the molecule is CCC(C(N)=O)N1C(C(=O)O)CC2CCCCC21. The van der Waals surface area contributed by atoms with Gasteiger partial charge in [-0.2, -0.15) is 0 Å². The number of primary amides is 1. The number of hydrogen-bond acceptors (Lipinski definition) is 3. The van der Waals surface area contributed by atoms with Crippen LogP contribution < -0.4 is 5.73 Å². The summed E-state index contributed by atoms with van der Waals surface area (Å²) in [4.78, 5) is 24.8. The molecule has 0 radical (unpaired) electrons. The van der Waals surface area contributed by atoms with Gasteiger partial charge in [-0.25, -0.2) is 0 Å². The number of fused-ring (bicyclic) bond motifs is 1. The van der Waals surface area contributed by atoms with E-state index in [9.17, 15) is 14.7 Å². The molecule has 2 rings (SSSR count). The fourth-order valence-electron chi connectivity index (χ4n) is 3.73. The monoisotopic (exact) mass is 254 g/mol. The van der Waals surface area contributed by atoms with Gasteiger partial charge in [0.2, 0.25) is 5.91 Å². The van der Waals surface area contributed by atoms with E-state index in [1.807, 2.05) is 11.8 Å². The van der Waals surface area contributed by atoms with E-state index in [-0.39, 0.29) is 6.04 Å². The molecule has 18 heavy (non-hydrogen) atoms. The molecule has 102 valence electrons. The number of hydrogen-bond donors (Lipinski definition) is 2. The average Bonchev–Trinajstić information content (AvgIpc) is 2.70. The third-order valence-corrected chi connectivity index (χ3v) is 4.50. The molecular formula is C13H22N2O3. The number of amides is 1. The van der Waals surface area contributed by atoms with Crippen molar-refractivity contribution in [3.05, 3.63) is 0 Å². The molecule has 1 saturated carbocycles. The van der Waals surface area contributed by atoms with Crippen LogP contribution in [0, 0.1) is 5.92 Å². The maximum atomic E-state index is 11.5. The highest BCUT2D eigenvalue weighted by Gasteiger charge is 2.48. The molecule has 4 unspecified atom stereocenters. The number of carboxylic acids is 1. The Morgan fingerprint density at radius 3 is 2.61 bits per heavy atom. The molecule has 2 aliphatic rings. The minimum Gasteiger partial charge on any atom is -0.480 e. The number of rotatable bonds is 4. The first-order chi connectivity index (χ1) is 8.56. The molecular weight excluding hydrogens is 232 g/mol. The molecule has 5 nitrogen and oxygen atoms in total. The van der Waals surface area contributed by atoms with Gasteiger partial charge in [0.1, 0.15) is 6.04 Å². The first-order valence-electron chi connectivity index (χ1n) is 6.85. The highest BCUT2D eigenvalue weighted by atomic mass is 16.4. The molecule has 0 spiro atoms. The topological polar surface area (TPSA) is 83.6 Å². The smallest absolute Gasteiger partial charge is 0.320 e. The number of nitrogens with zero attached hydrogens (tertiary/aromatic N) is 1. The number of carbonyl (C=O) groups excluding carboxylic acids is 1. The first-order valence-corrected chi connectivity index (χ1v) is 6.85. The maximum absolute atomic E-state index is 11.5. The summed E-state index contributed by atoms with van der Waals surface area (Å²) >= 11 is 0. The van der Waals surface area contributed by atoms with Crippen LogP contribution in [0.3, 0.4) is 0 Å². The molecule has 1 aliphatic heterocycles. The van der Waals surface area contributed by atoms with Crippen molar-refractivity contribution >= 4 is 11.9 Å². The van der Waals surface area contributed by atoms with Gasteiger partial charge in [-0.1, -0.05) is 19.8 Å². The van der Waals surface area contributed by atoms with Crippen molar-refractivity contribution in [3.8, 4) is 0 Å². The van der Waals surface area contributed by atoms with E-state index >= 15 is 0 Å². The zero-order chi connectivity index (χ0) is 13.3. The van der Waals surface area contributed by atoms with Crippen molar-refractivity contribution < 1.29 is 14.7 Å². The molecule has 5 heteroatoms. The van der Waals surface area contributed by atoms with Crippen molar-refractivity contribution in [1.29, 1.82) is 0 Å². The second kappa shape index (κ2) is 5.26. The predicted octanol–water partition coefficient (Wildman–Crippen LogP) is 0.968. The van der Waals surface area contributed by atoms with Crippen LogP contribution in [-0.2, 0) is 9.59 Å². The molecule has 1 amide bonds. The molecule has 0 aromatic carbocycles. The van der Waals surface area contributed by atoms with Crippen LogP contribution in [0.2, 0.25) is 0 Å². The highest BCUT2D eigenvalue weighted by molar-refractivity contribution is 5.82. The first kappa shape index (κ1) is 13.3. The standard InChI is InChI=1S/C13H22N2O3/c1-2-9(12(14)16)15-10-6-4-3-5-8(10)7-11(15)13(17)18/h8-11H,2-7H2,1H3,(H2,14,16)(H,17,18). The second-order valence-electron chi connectivity index (χ2n) is 5.48. The Balaban J connectivity index is 2.26. The zero-order valence-corrected chi connectivity index (χ0v) is 10.8. The van der Waals surface area contributed by atoms with E-state index in [2.05, 4.69) is 0 Å². The molecule has 0 aromatic heterocycles. The Morgan fingerprint density at radius 2 is 2.06 bits per heavy atom. The Kier molecular flexibility index (Phi) is 3.90. The molecule has 4 atom stereocenters. The van der Waals surface area contributed by atoms with Crippen molar-refractivity contribution in [2.45, 2.75) is 63.6 Å². The summed E-state index contributed by atoms with van der Waals surface area (Å²) in [5.74, 6) is -0.785. The van der Waals surface area contributed by atoms with Gasteiger partial charge in [0.05, 0.1) is 6.04 Å². The summed E-state index contributed by atoms with van der Waals surface area (Å²) < 4.78 is 0. The summed E-state index contributed by atoms with van der Waals surface area (Å²) in [7, 11) is 0. The van der Waals surface area contributed by atoms with E-state index < -0.39 is 24.0 Å². The van der Waals surface area contributed by atoms with Crippen LogP contribution in [0.5, 0.6) is 0 Å². The minimum absolute atomic E-state index is 0.234. The van der Waals surface area contributed by atoms with Crippen LogP contribution in [0.25, 0.3) is 0 Å². The van der Waals surface area contributed by atoms with Crippen LogP contribution in [0.1, 0.15) is 45.4 Å². The summed E-state index contributed by atoms with van der Waals surface area (Å²) in [6, 6.07) is -0.730. The van der Waals surface area contributed by atoms with Gasteiger partial charge in [-0.3, -0.25) is 14.5 Å². The summed E-state index contributed by atoms with van der Waals surface area (Å²) in [5, 5.41) is 9.36. The fourth-order valence-corrected chi connectivity index (χ4v) is 3.73. The Morgan fingerprint density at radius 1 is 1.39 bits per heavy atom. The highest BCUT2D eigenvalue weighted by Crippen LogP contribution is 2.41. The lowest BCUT2D eigenvalue weighted by Crippen LogP contribution is -2.53. The van der Waals surface area contributed by atoms with Gasteiger partial charge in [0.15, 0.2) is 0 Å². The molecule has 3 N–H and O–H groups in total. The number of carbonyl (C=O) groups is 2. The number of likely N-dealkylation sites (tertiary alicyclic amines) is 1. The quantitative estimate of drug-likeness (QED) is 0.783. The lowest BCUT2D eigenvalue weighted by molar-refractivity contribution is -0.144. The largest absolute Gasteiger partial charge is 0.480 e. The molecule has 2 fully saturated rings. The third kappa shape index (κ3) is 2.23. The number of nitrogens with two attached hydrogens (primary N) is 1. The fraction of sp³-hybridized carbons (Fsp3) is 0.846. The molecule has 1 aliphatic carbocycles. The van der Waals surface area contributed by atoms with E-state index in [0.717, 1.165) is 19.3 Å². The third-order valence-electron chi connectivity index (χ3n) is 4.50. The van der Waals surface area contributed by atoms with Crippen LogP contribution in [0.15, 0.2) is 0 Å². The predicted molar refractivity (Wildman–Crippen MR) is 66.9 cm³/mol. The van der Waals surface area contributed by atoms with Gasteiger partial charge in [-0.05, 0) is 31.6 Å². The molecule has 1 saturated heterocycles. The van der Waals surface area contributed by atoms with E-state index in [0.29, 0.717) is 18.8 Å². The maximum Gasteiger partial charge on any atom is 0.320 e. The lowest BCUT2D eigenvalue weighted by atomic mass is 9.84. The van der Waals surface area contributed by atoms with E-state index in [1.54, 1.807) is 0 Å². The van der Waals surface area contributed by atoms with Crippen molar-refractivity contribution in [2.75, 3.05) is 0 Å². The molecule has 0 bridgehead atoms. The Labute approximate surface area is 107 Å². The van der Waals surface area contributed by atoms with E-state index in [1.165, 1.54) is 6.42 Å². The minimum atomic E-state index is -0.816. The average molecular weight is 254 g/mol. The van der Waals surface area contributed by atoms with Crippen LogP contribution in [-0.4, -0.2) is 40.0 Å². The van der Waals surface area contributed by atoms with E-state index in [4.69, 9.17) is 5.73 Å². The van der Waals surface area contributed by atoms with Gasteiger partial charge in [0.25, 0.3) is 0 Å². The van der Waals surface area contributed by atoms with Gasteiger partial charge in [0, 0.05) is 6.04 Å². The molecule has 1 heterocycles. The Bertz CT molecular complexity index is 345. The van der Waals surface area contributed by atoms with Gasteiger partial charge >= 0.3 is 5.97 Å². The second-order valence-corrected chi connectivity index (χ2v) is 5.48. The van der Waals surface area contributed by atoms with Gasteiger partial charge < -0.3 is 10.8 Å². The van der Waals surface area contributed by atoms with Crippen LogP contribution in [0.4, 0.5) is 0 Å². The van der Waals surface area contributed by atoms with Crippen molar-refractivity contribution in [2.24, 2.45) is 11.7 Å². The van der Waals surface area contributed by atoms with Crippen LogP contribution >= 0.6 is 0 Å². The molecule has 0 aromatic rings. The van der Waals surface area contributed by atoms with Crippen molar-refractivity contribution in [3.63, 3.8) is 0 Å². The summed E-state index contributed by atoms with van der Waals surface area (Å²) in [5.41, 5.74) is 5.44. The number of aliphatic carboxylic acids is 1. The Hall–Kier alpha value is -1.10. The van der Waals surface area contributed by atoms with Gasteiger partial charge in [-0.15, -0.1) is 0 Å². The summed E-state index contributed by atoms with van der Waals surface area (Å²) in [6.07, 6.45) is 5.64. The summed E-state index contributed by atoms with van der Waals surface area (Å²) in [6.45, 7) is 1.89.